The van der Waals surface area contributed by atoms with Crippen molar-refractivity contribution in [3.8, 4) is 11.1 Å². The van der Waals surface area contributed by atoms with Gasteiger partial charge in [-0.2, -0.15) is 0 Å². The maximum atomic E-state index is 4.13. The molecule has 4 aromatic carbocycles. The first kappa shape index (κ1) is 31.3. The fourth-order valence-corrected chi connectivity index (χ4v) is 9.92. The molecule has 5 unspecified atom stereocenters. The number of nitrogens with zero attached hydrogens (tertiary/aromatic N) is 1. The average Bonchev–Trinajstić information content (AvgIpc) is 3.51. The van der Waals surface area contributed by atoms with Crippen molar-refractivity contribution in [3.05, 3.63) is 184 Å². The molecule has 1 aliphatic heterocycles. The molecule has 0 saturated heterocycles. The number of nitrogens with one attached hydrogen (secondary N) is 1. The molecule has 50 heavy (non-hydrogen) atoms. The third-order valence-corrected chi connectivity index (χ3v) is 12.8. The van der Waals surface area contributed by atoms with E-state index in [9.17, 15) is 0 Å². The maximum Gasteiger partial charge on any atom is 0.0868 e. The van der Waals surface area contributed by atoms with Gasteiger partial charge in [0.1, 0.15) is 0 Å². The predicted octanol–water partition coefficient (Wildman–Crippen LogP) is 11.0. The Balaban J connectivity index is 1.12. The van der Waals surface area contributed by atoms with Crippen LogP contribution >= 0.6 is 0 Å². The SMILES string of the molecule is CC1C=C(c2ccccc2)C=CC1C1NC(C2=CCC3C(=C2)C(C)(C)c2ccccc23)=CC(c2ccc3c(c2)C(C)(C)c2ccccc2-3)N1C. The Morgan fingerprint density at radius 1 is 0.720 bits per heavy atom. The van der Waals surface area contributed by atoms with Crippen LogP contribution in [-0.2, 0) is 10.8 Å². The van der Waals surface area contributed by atoms with Crippen LogP contribution in [0.4, 0.5) is 0 Å². The quantitative estimate of drug-likeness (QED) is 0.236. The molecule has 0 fully saturated rings. The van der Waals surface area contributed by atoms with Crippen LogP contribution in [0, 0.1) is 11.8 Å². The summed E-state index contributed by atoms with van der Waals surface area (Å²) < 4.78 is 0. The molecule has 0 radical (unpaired) electrons. The normalized spacial score (nSPS) is 27.1. The summed E-state index contributed by atoms with van der Waals surface area (Å²) in [6, 6.07) is 36.3. The smallest absolute Gasteiger partial charge is 0.0868 e. The van der Waals surface area contributed by atoms with Crippen molar-refractivity contribution in [2.45, 2.75) is 70.0 Å². The second kappa shape index (κ2) is 11.4. The summed E-state index contributed by atoms with van der Waals surface area (Å²) >= 11 is 0. The molecule has 0 saturated carbocycles. The molecule has 2 nitrogen and oxygen atoms in total. The van der Waals surface area contributed by atoms with E-state index in [2.05, 4.69) is 185 Å². The molecular weight excluding hydrogens is 605 g/mol. The lowest BCUT2D eigenvalue weighted by Crippen LogP contribution is -2.53. The summed E-state index contributed by atoms with van der Waals surface area (Å²) in [5.41, 5.74) is 16.7. The number of rotatable bonds is 4. The van der Waals surface area contributed by atoms with E-state index in [1.807, 2.05) is 0 Å². The number of fused-ring (bicyclic) bond motifs is 6. The van der Waals surface area contributed by atoms with Crippen LogP contribution in [-0.4, -0.2) is 18.1 Å². The summed E-state index contributed by atoms with van der Waals surface area (Å²) in [6.45, 7) is 12.0. The van der Waals surface area contributed by atoms with Gasteiger partial charge in [0.05, 0.1) is 12.2 Å². The van der Waals surface area contributed by atoms with Gasteiger partial charge in [-0.15, -0.1) is 0 Å². The maximum absolute atomic E-state index is 4.13. The lowest BCUT2D eigenvalue weighted by atomic mass is 9.76. The molecule has 5 aliphatic rings. The Bertz CT molecular complexity index is 2170. The van der Waals surface area contributed by atoms with Crippen LogP contribution < -0.4 is 5.32 Å². The highest BCUT2D eigenvalue weighted by Crippen LogP contribution is 2.54. The summed E-state index contributed by atoms with van der Waals surface area (Å²) in [5, 5.41) is 4.13. The van der Waals surface area contributed by atoms with Crippen molar-refractivity contribution in [1.82, 2.24) is 10.2 Å². The molecule has 4 aromatic rings. The van der Waals surface area contributed by atoms with Gasteiger partial charge in [-0.05, 0) is 81.1 Å². The van der Waals surface area contributed by atoms with Gasteiger partial charge < -0.3 is 5.32 Å². The Morgan fingerprint density at radius 3 is 2.24 bits per heavy atom. The molecule has 1 N–H and O–H groups in total. The van der Waals surface area contributed by atoms with Gasteiger partial charge in [-0.1, -0.05) is 168 Å². The number of allylic oxidation sites excluding steroid dienone is 6. The number of likely N-dealkylation sites (N-methyl/N-ethyl adjacent to an activating group) is 1. The summed E-state index contributed by atoms with van der Waals surface area (Å²) in [5.74, 6) is 1.15. The Morgan fingerprint density at radius 2 is 1.44 bits per heavy atom. The highest BCUT2D eigenvalue weighted by molar-refractivity contribution is 5.81. The van der Waals surface area contributed by atoms with Crippen molar-refractivity contribution in [1.29, 1.82) is 0 Å². The van der Waals surface area contributed by atoms with Crippen LogP contribution in [0.3, 0.4) is 0 Å². The molecule has 0 amide bonds. The van der Waals surface area contributed by atoms with E-state index in [4.69, 9.17) is 0 Å². The average molecular weight is 653 g/mol. The monoisotopic (exact) mass is 652 g/mol. The second-order valence-electron chi connectivity index (χ2n) is 16.3. The first-order valence-corrected chi connectivity index (χ1v) is 18.5. The molecule has 9 rings (SSSR count). The lowest BCUT2D eigenvalue weighted by Gasteiger charge is -2.45. The molecule has 4 aliphatic carbocycles. The zero-order chi connectivity index (χ0) is 34.4. The fraction of sp³-hybridized carbons (Fsp3) is 0.292. The lowest BCUT2D eigenvalue weighted by molar-refractivity contribution is 0.114. The van der Waals surface area contributed by atoms with E-state index < -0.39 is 0 Å². The third kappa shape index (κ3) is 4.72. The summed E-state index contributed by atoms with van der Waals surface area (Å²) in [7, 11) is 2.32. The number of hydrogen-bond acceptors (Lipinski definition) is 2. The van der Waals surface area contributed by atoms with Gasteiger partial charge in [0, 0.05) is 28.4 Å². The Kier molecular flexibility index (Phi) is 7.17. The van der Waals surface area contributed by atoms with Crippen LogP contribution in [0.15, 0.2) is 150 Å². The standard InChI is InChI=1S/C48H48N2/c1-30-26-32(31-14-8-7-9-15-31)20-23-35(30)46-49-44(33-21-24-38-36-16-10-12-18-40(36)47(2,3)42(38)27-33)29-45(50(46)6)34-22-25-39-37-17-11-13-19-41(37)48(4,5)43(39)28-34/h7-23,25-30,35,38,45-46,49H,24H2,1-6H3. The number of hydrogen-bond donors (Lipinski definition) is 1. The van der Waals surface area contributed by atoms with E-state index in [1.165, 1.54) is 61.4 Å². The van der Waals surface area contributed by atoms with Gasteiger partial charge in [-0.25, -0.2) is 0 Å². The highest BCUT2D eigenvalue weighted by Gasteiger charge is 2.43. The minimum absolute atomic E-state index is 0.0193. The summed E-state index contributed by atoms with van der Waals surface area (Å²) in [6.07, 6.45) is 16.0. The van der Waals surface area contributed by atoms with Gasteiger partial charge in [0.15, 0.2) is 0 Å². The minimum Gasteiger partial charge on any atom is -0.369 e. The molecular formula is C48H48N2. The predicted molar refractivity (Wildman–Crippen MR) is 209 cm³/mol. The molecule has 0 aromatic heterocycles. The van der Waals surface area contributed by atoms with Crippen molar-refractivity contribution < 1.29 is 0 Å². The largest absolute Gasteiger partial charge is 0.369 e. The second-order valence-corrected chi connectivity index (χ2v) is 16.3. The minimum atomic E-state index is -0.0347. The van der Waals surface area contributed by atoms with Gasteiger partial charge in [-0.3, -0.25) is 4.90 Å². The van der Waals surface area contributed by atoms with Gasteiger partial charge >= 0.3 is 0 Å². The van der Waals surface area contributed by atoms with E-state index in [0.717, 1.165) is 6.42 Å². The van der Waals surface area contributed by atoms with E-state index >= 15 is 0 Å². The molecule has 2 heteroatoms. The number of benzene rings is 4. The van der Waals surface area contributed by atoms with Crippen LogP contribution in [0.1, 0.15) is 86.4 Å². The van der Waals surface area contributed by atoms with Crippen LogP contribution in [0.2, 0.25) is 0 Å². The van der Waals surface area contributed by atoms with Crippen molar-refractivity contribution in [2.75, 3.05) is 7.05 Å². The first-order valence-electron chi connectivity index (χ1n) is 18.5. The molecule has 250 valence electrons. The summed E-state index contributed by atoms with van der Waals surface area (Å²) in [4.78, 5) is 2.59. The van der Waals surface area contributed by atoms with Gasteiger partial charge in [0.25, 0.3) is 0 Å². The van der Waals surface area contributed by atoms with E-state index in [0.29, 0.717) is 17.8 Å². The van der Waals surface area contributed by atoms with Crippen LogP contribution in [0.5, 0.6) is 0 Å². The molecule has 0 bridgehead atoms. The van der Waals surface area contributed by atoms with Crippen LogP contribution in [0.25, 0.3) is 16.7 Å². The third-order valence-electron chi connectivity index (χ3n) is 12.8. The molecule has 5 atom stereocenters. The highest BCUT2D eigenvalue weighted by atomic mass is 15.3. The van der Waals surface area contributed by atoms with Crippen molar-refractivity contribution in [2.24, 2.45) is 11.8 Å². The Labute approximate surface area is 298 Å². The fourth-order valence-electron chi connectivity index (χ4n) is 9.92. The van der Waals surface area contributed by atoms with E-state index in [1.54, 1.807) is 5.57 Å². The topological polar surface area (TPSA) is 15.3 Å². The van der Waals surface area contributed by atoms with Crippen molar-refractivity contribution in [3.63, 3.8) is 0 Å². The van der Waals surface area contributed by atoms with Crippen molar-refractivity contribution >= 4 is 5.57 Å². The van der Waals surface area contributed by atoms with E-state index in [-0.39, 0.29) is 23.0 Å². The zero-order valence-corrected chi connectivity index (χ0v) is 30.2. The first-order chi connectivity index (χ1) is 24.1. The zero-order valence-electron chi connectivity index (χ0n) is 30.2. The van der Waals surface area contributed by atoms with Gasteiger partial charge in [0.2, 0.25) is 0 Å². The molecule has 1 heterocycles. The Hall–Kier alpha value is -4.66. The molecule has 0 spiro atoms.